The van der Waals surface area contributed by atoms with Gasteiger partial charge in [-0.3, -0.25) is 0 Å². The van der Waals surface area contributed by atoms with E-state index in [1.54, 1.807) is 0 Å². The number of carbonyl (C=O) groups excluding carboxylic acids is 1. The maximum absolute atomic E-state index is 12.2. The summed E-state index contributed by atoms with van der Waals surface area (Å²) >= 11 is 0. The van der Waals surface area contributed by atoms with Gasteiger partial charge in [0, 0.05) is 0 Å². The Kier molecular flexibility index (Phi) is 5.36. The molecule has 1 nitrogen and oxygen atoms in total. The van der Waals surface area contributed by atoms with E-state index in [2.05, 4.69) is 119 Å². The zero-order valence-electron chi connectivity index (χ0n) is 16.6. The fourth-order valence-corrected chi connectivity index (χ4v) is 9.55. The maximum atomic E-state index is 12.2. The minimum atomic E-state index is -2.13. The van der Waals surface area contributed by atoms with Crippen molar-refractivity contribution in [3.05, 3.63) is 91.0 Å². The van der Waals surface area contributed by atoms with Crippen molar-refractivity contribution < 1.29 is 4.79 Å². The van der Waals surface area contributed by atoms with E-state index in [4.69, 9.17) is 0 Å². The summed E-state index contributed by atoms with van der Waals surface area (Å²) < 4.78 is 0. The highest BCUT2D eigenvalue weighted by atomic mass is 31.2. The standard InChI is InChI=1S/C25H28OP/c1-24(2,20-26)25(3,4)27(21-14-8-5-9-15-21,22-16-10-6-11-17-22)23-18-12-7-13-19-23/h5-20H,1-4H3/q+1. The molecule has 0 N–H and O–H groups in total. The largest absolute Gasteiger partial charge is 0.303 e. The fraction of sp³-hybridized carbons (Fsp3) is 0.240. The van der Waals surface area contributed by atoms with Gasteiger partial charge >= 0.3 is 0 Å². The van der Waals surface area contributed by atoms with Gasteiger partial charge in [0.05, 0.1) is 5.41 Å². The van der Waals surface area contributed by atoms with Gasteiger partial charge in [0.2, 0.25) is 0 Å². The number of hydrogen-bond donors (Lipinski definition) is 0. The Labute approximate surface area is 163 Å². The molecule has 0 radical (unpaired) electrons. The topological polar surface area (TPSA) is 17.1 Å². The van der Waals surface area contributed by atoms with E-state index >= 15 is 0 Å². The van der Waals surface area contributed by atoms with Crippen molar-refractivity contribution in [2.75, 3.05) is 0 Å². The number of benzene rings is 3. The molecule has 3 rings (SSSR count). The summed E-state index contributed by atoms with van der Waals surface area (Å²) in [6.07, 6.45) is 1.14. The van der Waals surface area contributed by atoms with E-state index in [1.165, 1.54) is 15.9 Å². The quantitative estimate of drug-likeness (QED) is 0.438. The molecule has 0 atom stereocenters. The van der Waals surface area contributed by atoms with Gasteiger partial charge < -0.3 is 4.79 Å². The second kappa shape index (κ2) is 7.41. The third-order valence-corrected chi connectivity index (χ3v) is 11.6. The van der Waals surface area contributed by atoms with Crippen LogP contribution in [0.1, 0.15) is 27.7 Å². The molecule has 0 bridgehead atoms. The van der Waals surface area contributed by atoms with E-state index in [0.717, 1.165) is 6.29 Å². The monoisotopic (exact) mass is 375 g/mol. The van der Waals surface area contributed by atoms with Gasteiger partial charge in [0.15, 0.2) is 0 Å². The molecule has 0 heterocycles. The average Bonchev–Trinajstić information content (AvgIpc) is 2.71. The van der Waals surface area contributed by atoms with E-state index in [1.807, 2.05) is 0 Å². The molecule has 0 aliphatic rings. The molecule has 0 spiro atoms. The lowest BCUT2D eigenvalue weighted by Crippen LogP contribution is -2.52. The highest BCUT2D eigenvalue weighted by Gasteiger charge is 2.63. The molecular weight excluding hydrogens is 347 g/mol. The van der Waals surface area contributed by atoms with E-state index in [-0.39, 0.29) is 5.16 Å². The Morgan fingerprint density at radius 3 is 1.15 bits per heavy atom. The molecule has 3 aromatic rings. The highest BCUT2D eigenvalue weighted by Crippen LogP contribution is 2.70. The zero-order valence-corrected chi connectivity index (χ0v) is 17.5. The third-order valence-electron chi connectivity index (χ3n) is 6.14. The van der Waals surface area contributed by atoms with Crippen LogP contribution in [0.3, 0.4) is 0 Å². The van der Waals surface area contributed by atoms with Crippen molar-refractivity contribution in [3.8, 4) is 0 Å². The van der Waals surface area contributed by atoms with Crippen LogP contribution in [-0.4, -0.2) is 11.4 Å². The number of aldehydes is 1. The first kappa shape index (κ1) is 19.5. The normalized spacial score (nSPS) is 12.6. The van der Waals surface area contributed by atoms with Gasteiger partial charge in [-0.05, 0) is 64.1 Å². The molecule has 138 valence electrons. The van der Waals surface area contributed by atoms with Gasteiger partial charge in [-0.1, -0.05) is 54.6 Å². The van der Waals surface area contributed by atoms with Crippen LogP contribution in [0.5, 0.6) is 0 Å². The Morgan fingerprint density at radius 1 is 0.593 bits per heavy atom. The van der Waals surface area contributed by atoms with Gasteiger partial charge in [-0.2, -0.15) is 0 Å². The second-order valence-electron chi connectivity index (χ2n) is 8.08. The summed E-state index contributed by atoms with van der Waals surface area (Å²) in [7, 11) is -2.13. The first-order valence-electron chi connectivity index (χ1n) is 9.40. The molecule has 0 aromatic heterocycles. The van der Waals surface area contributed by atoms with Crippen molar-refractivity contribution in [2.24, 2.45) is 5.41 Å². The van der Waals surface area contributed by atoms with Crippen LogP contribution in [0.2, 0.25) is 0 Å². The van der Waals surface area contributed by atoms with Crippen LogP contribution < -0.4 is 15.9 Å². The van der Waals surface area contributed by atoms with Crippen molar-refractivity contribution in [1.29, 1.82) is 0 Å². The smallest absolute Gasteiger partial charge is 0.129 e. The van der Waals surface area contributed by atoms with Gasteiger partial charge in [0.1, 0.15) is 34.6 Å². The van der Waals surface area contributed by atoms with Crippen molar-refractivity contribution in [2.45, 2.75) is 32.9 Å². The number of carbonyl (C=O) groups is 1. The van der Waals surface area contributed by atoms with Crippen molar-refractivity contribution in [1.82, 2.24) is 0 Å². The van der Waals surface area contributed by atoms with Crippen LogP contribution in [0.4, 0.5) is 0 Å². The second-order valence-corrected chi connectivity index (χ2v) is 12.1. The summed E-state index contributed by atoms with van der Waals surface area (Å²) in [5.74, 6) is 0. The number of rotatable bonds is 6. The molecule has 3 aromatic carbocycles. The lowest BCUT2D eigenvalue weighted by atomic mass is 9.82. The van der Waals surface area contributed by atoms with Crippen molar-refractivity contribution >= 4 is 29.5 Å². The average molecular weight is 375 g/mol. The van der Waals surface area contributed by atoms with E-state index < -0.39 is 12.7 Å². The third kappa shape index (κ3) is 3.05. The number of hydrogen-bond acceptors (Lipinski definition) is 1. The first-order valence-corrected chi connectivity index (χ1v) is 11.2. The zero-order chi connectivity index (χ0) is 19.5. The molecule has 0 fully saturated rings. The Balaban J connectivity index is 2.50. The SMILES string of the molecule is CC(C)(C=O)C(C)(C)[P+](c1ccccc1)(c1ccccc1)c1ccccc1. The predicted molar refractivity (Wildman–Crippen MR) is 119 cm³/mol. The lowest BCUT2D eigenvalue weighted by Gasteiger charge is -2.47. The van der Waals surface area contributed by atoms with Crippen molar-refractivity contribution in [3.63, 3.8) is 0 Å². The summed E-state index contributed by atoms with van der Waals surface area (Å²) in [5, 5.41) is 3.64. The fourth-order valence-electron chi connectivity index (χ4n) is 3.95. The van der Waals surface area contributed by atoms with Gasteiger partial charge in [-0.25, -0.2) is 0 Å². The Morgan fingerprint density at radius 2 is 0.889 bits per heavy atom. The Hall–Kier alpha value is -2.24. The van der Waals surface area contributed by atoms with E-state index in [9.17, 15) is 4.79 Å². The highest BCUT2D eigenvalue weighted by molar-refractivity contribution is 7.97. The minimum absolute atomic E-state index is 0.286. The predicted octanol–water partition coefficient (Wildman–Crippen LogP) is 4.98. The molecule has 0 aliphatic carbocycles. The molecule has 0 amide bonds. The van der Waals surface area contributed by atoms with E-state index in [0.29, 0.717) is 0 Å². The molecular formula is C25H28OP+. The molecule has 0 saturated heterocycles. The maximum Gasteiger partial charge on any atom is 0.129 e. The van der Waals surface area contributed by atoms with Crippen LogP contribution >= 0.6 is 7.26 Å². The Bertz CT molecular complexity index is 787. The summed E-state index contributed by atoms with van der Waals surface area (Å²) in [6.45, 7) is 8.68. The molecule has 27 heavy (non-hydrogen) atoms. The summed E-state index contributed by atoms with van der Waals surface area (Å²) in [4.78, 5) is 12.2. The van der Waals surface area contributed by atoms with Crippen LogP contribution in [0.15, 0.2) is 91.0 Å². The molecule has 0 aliphatic heterocycles. The lowest BCUT2D eigenvalue weighted by molar-refractivity contribution is -0.115. The van der Waals surface area contributed by atoms with Crippen LogP contribution in [0.25, 0.3) is 0 Å². The van der Waals surface area contributed by atoms with Crippen LogP contribution in [0, 0.1) is 5.41 Å². The van der Waals surface area contributed by atoms with Crippen LogP contribution in [-0.2, 0) is 4.79 Å². The van der Waals surface area contributed by atoms with Gasteiger partial charge in [0.25, 0.3) is 0 Å². The molecule has 2 heteroatoms. The molecule has 0 unspecified atom stereocenters. The first-order chi connectivity index (χ1) is 12.9. The molecule has 0 saturated carbocycles. The summed E-state index contributed by atoms with van der Waals surface area (Å²) in [6, 6.07) is 32.2. The summed E-state index contributed by atoms with van der Waals surface area (Å²) in [5.41, 5.74) is -0.498. The van der Waals surface area contributed by atoms with Gasteiger partial charge in [-0.15, -0.1) is 0 Å². The minimum Gasteiger partial charge on any atom is -0.303 e.